The second-order valence-corrected chi connectivity index (χ2v) is 7.07. The van der Waals surface area contributed by atoms with E-state index < -0.39 is 6.04 Å². The number of carbonyl (C=O) groups is 1. The molecular weight excluding hydrogens is 326 g/mol. The van der Waals surface area contributed by atoms with E-state index in [0.29, 0.717) is 0 Å². The Balaban J connectivity index is 1.84. The molecule has 0 spiro atoms. The van der Waals surface area contributed by atoms with Crippen molar-refractivity contribution in [2.45, 2.75) is 44.4 Å². The van der Waals surface area contributed by atoms with Crippen LogP contribution in [-0.4, -0.2) is 67.2 Å². The fourth-order valence-corrected chi connectivity index (χ4v) is 3.41. The van der Waals surface area contributed by atoms with Crippen LogP contribution >= 0.6 is 0 Å². The standard InChI is InChI=1S/C21H31N3O2/c1-4-15-26-17(2)20(22)21(25)24-13-8-11-19(24)16-23(3)14-12-18-9-6-5-7-10-18/h1,5-7,9-10,17,19-20H,8,11-16,22H2,2-3H3/t17-,19+,20+/m1/s1. The molecule has 0 aromatic heterocycles. The average molecular weight is 357 g/mol. The maximum atomic E-state index is 12.8. The first-order valence-electron chi connectivity index (χ1n) is 9.36. The average Bonchev–Trinajstić information content (AvgIpc) is 3.12. The van der Waals surface area contributed by atoms with Crippen LogP contribution in [0.5, 0.6) is 0 Å². The van der Waals surface area contributed by atoms with Crippen LogP contribution in [0.3, 0.4) is 0 Å². The zero-order valence-electron chi connectivity index (χ0n) is 15.9. The van der Waals surface area contributed by atoms with Crippen molar-refractivity contribution in [3.8, 4) is 12.3 Å². The van der Waals surface area contributed by atoms with Gasteiger partial charge in [-0.05, 0) is 38.8 Å². The van der Waals surface area contributed by atoms with Crippen molar-refractivity contribution in [1.82, 2.24) is 9.80 Å². The van der Waals surface area contributed by atoms with Gasteiger partial charge in [-0.2, -0.15) is 0 Å². The molecule has 1 saturated heterocycles. The first kappa shape index (κ1) is 20.4. The van der Waals surface area contributed by atoms with Crippen molar-refractivity contribution in [2.75, 3.05) is 33.3 Å². The van der Waals surface area contributed by atoms with Gasteiger partial charge in [0.05, 0.1) is 6.10 Å². The van der Waals surface area contributed by atoms with Gasteiger partial charge in [0, 0.05) is 25.7 Å². The zero-order chi connectivity index (χ0) is 18.9. The van der Waals surface area contributed by atoms with E-state index in [1.54, 1.807) is 6.92 Å². The van der Waals surface area contributed by atoms with Crippen LogP contribution < -0.4 is 5.73 Å². The van der Waals surface area contributed by atoms with Crippen LogP contribution in [0.25, 0.3) is 0 Å². The predicted molar refractivity (Wildman–Crippen MR) is 105 cm³/mol. The van der Waals surface area contributed by atoms with Gasteiger partial charge in [0.2, 0.25) is 5.91 Å². The number of amides is 1. The number of rotatable bonds is 9. The lowest BCUT2D eigenvalue weighted by atomic mass is 10.1. The molecule has 1 fully saturated rings. The Morgan fingerprint density at radius 3 is 2.88 bits per heavy atom. The minimum Gasteiger partial charge on any atom is -0.364 e. The largest absolute Gasteiger partial charge is 0.364 e. The number of likely N-dealkylation sites (tertiary alicyclic amines) is 1. The molecule has 0 aliphatic carbocycles. The van der Waals surface area contributed by atoms with Crippen LogP contribution in [0.2, 0.25) is 0 Å². The molecule has 1 aromatic carbocycles. The van der Waals surface area contributed by atoms with Gasteiger partial charge in [-0.3, -0.25) is 4.79 Å². The fourth-order valence-electron chi connectivity index (χ4n) is 3.41. The molecule has 1 amide bonds. The van der Waals surface area contributed by atoms with Gasteiger partial charge in [0.1, 0.15) is 12.6 Å². The van der Waals surface area contributed by atoms with Crippen LogP contribution in [0.15, 0.2) is 30.3 Å². The smallest absolute Gasteiger partial charge is 0.242 e. The van der Waals surface area contributed by atoms with E-state index in [1.807, 2.05) is 11.0 Å². The number of terminal acetylenes is 1. The highest BCUT2D eigenvalue weighted by atomic mass is 16.5. The van der Waals surface area contributed by atoms with Gasteiger partial charge in [-0.25, -0.2) is 0 Å². The molecule has 2 rings (SSSR count). The number of benzene rings is 1. The fraction of sp³-hybridized carbons (Fsp3) is 0.571. The molecule has 3 atom stereocenters. The van der Waals surface area contributed by atoms with E-state index >= 15 is 0 Å². The summed E-state index contributed by atoms with van der Waals surface area (Å²) in [5.41, 5.74) is 7.44. The van der Waals surface area contributed by atoms with Crippen LogP contribution in [0.4, 0.5) is 0 Å². The lowest BCUT2D eigenvalue weighted by Gasteiger charge is -2.32. The number of nitrogens with zero attached hydrogens (tertiary/aromatic N) is 2. The number of nitrogens with two attached hydrogens (primary N) is 1. The molecular formula is C21H31N3O2. The molecule has 5 nitrogen and oxygen atoms in total. The van der Waals surface area contributed by atoms with Crippen molar-refractivity contribution in [1.29, 1.82) is 0 Å². The lowest BCUT2D eigenvalue weighted by molar-refractivity contribution is -0.136. The summed E-state index contributed by atoms with van der Waals surface area (Å²) in [5.74, 6) is 2.38. The third kappa shape index (κ3) is 5.84. The highest BCUT2D eigenvalue weighted by Gasteiger charge is 2.34. The van der Waals surface area contributed by atoms with Gasteiger partial charge in [-0.1, -0.05) is 36.3 Å². The molecule has 142 valence electrons. The first-order valence-corrected chi connectivity index (χ1v) is 9.36. The summed E-state index contributed by atoms with van der Waals surface area (Å²) >= 11 is 0. The number of ether oxygens (including phenoxy) is 1. The minimum absolute atomic E-state index is 0.0338. The van der Waals surface area contributed by atoms with Gasteiger partial charge in [-0.15, -0.1) is 6.42 Å². The number of likely N-dealkylation sites (N-methyl/N-ethyl adjacent to an activating group) is 1. The molecule has 0 radical (unpaired) electrons. The Labute approximate surface area is 157 Å². The summed E-state index contributed by atoms with van der Waals surface area (Å²) in [4.78, 5) is 17.0. The quantitative estimate of drug-likeness (QED) is 0.681. The third-order valence-corrected chi connectivity index (χ3v) is 5.03. The van der Waals surface area contributed by atoms with E-state index in [1.165, 1.54) is 5.56 Å². The highest BCUT2D eigenvalue weighted by molar-refractivity contribution is 5.82. The molecule has 2 N–H and O–H groups in total. The van der Waals surface area contributed by atoms with Crippen molar-refractivity contribution in [3.63, 3.8) is 0 Å². The summed E-state index contributed by atoms with van der Waals surface area (Å²) in [6.07, 6.45) is 7.88. The monoisotopic (exact) mass is 357 g/mol. The Morgan fingerprint density at radius 1 is 1.46 bits per heavy atom. The highest BCUT2D eigenvalue weighted by Crippen LogP contribution is 2.20. The third-order valence-electron chi connectivity index (χ3n) is 5.03. The molecule has 26 heavy (non-hydrogen) atoms. The predicted octanol–water partition coefficient (Wildman–Crippen LogP) is 1.52. The van der Waals surface area contributed by atoms with Crippen LogP contribution in [-0.2, 0) is 16.0 Å². The van der Waals surface area contributed by atoms with Gasteiger partial charge >= 0.3 is 0 Å². The van der Waals surface area contributed by atoms with Crippen molar-refractivity contribution in [2.24, 2.45) is 5.73 Å². The SMILES string of the molecule is C#CCO[C@H](C)[C@H](N)C(=O)N1CCC[C@H]1CN(C)CCc1ccccc1. The minimum atomic E-state index is -0.668. The number of hydrogen-bond donors (Lipinski definition) is 1. The molecule has 1 heterocycles. The topological polar surface area (TPSA) is 58.8 Å². The Morgan fingerprint density at radius 2 is 2.19 bits per heavy atom. The van der Waals surface area contributed by atoms with E-state index in [0.717, 1.165) is 38.9 Å². The first-order chi connectivity index (χ1) is 12.5. The molecule has 1 aliphatic heterocycles. The maximum absolute atomic E-state index is 12.8. The second kappa shape index (κ2) is 10.3. The van der Waals surface area contributed by atoms with Gasteiger partial charge in [0.15, 0.2) is 0 Å². The van der Waals surface area contributed by atoms with Crippen molar-refractivity contribution >= 4 is 5.91 Å². The summed E-state index contributed by atoms with van der Waals surface area (Å²) in [6.45, 7) is 4.58. The van der Waals surface area contributed by atoms with Crippen LogP contribution in [0.1, 0.15) is 25.3 Å². The van der Waals surface area contributed by atoms with Crippen molar-refractivity contribution < 1.29 is 9.53 Å². The number of carbonyl (C=O) groups excluding carboxylic acids is 1. The summed E-state index contributed by atoms with van der Waals surface area (Å²) in [6, 6.07) is 10.0. The van der Waals surface area contributed by atoms with E-state index in [2.05, 4.69) is 42.1 Å². The molecule has 0 bridgehead atoms. The van der Waals surface area contributed by atoms with Gasteiger partial charge in [0.25, 0.3) is 0 Å². The van der Waals surface area contributed by atoms with E-state index in [9.17, 15) is 4.79 Å². The van der Waals surface area contributed by atoms with Crippen molar-refractivity contribution in [3.05, 3.63) is 35.9 Å². The summed E-state index contributed by atoms with van der Waals surface area (Å²) < 4.78 is 5.42. The summed E-state index contributed by atoms with van der Waals surface area (Å²) in [7, 11) is 2.11. The van der Waals surface area contributed by atoms with E-state index in [4.69, 9.17) is 16.9 Å². The Bertz CT molecular complexity index is 599. The maximum Gasteiger partial charge on any atom is 0.242 e. The molecule has 0 unspecified atom stereocenters. The molecule has 1 aliphatic rings. The second-order valence-electron chi connectivity index (χ2n) is 7.07. The molecule has 1 aromatic rings. The summed E-state index contributed by atoms with van der Waals surface area (Å²) in [5, 5.41) is 0. The van der Waals surface area contributed by atoms with E-state index in [-0.39, 0.29) is 24.7 Å². The van der Waals surface area contributed by atoms with Gasteiger partial charge < -0.3 is 20.3 Å². The zero-order valence-corrected chi connectivity index (χ0v) is 15.9. The number of hydrogen-bond acceptors (Lipinski definition) is 4. The molecule has 5 heteroatoms. The Kier molecular flexibility index (Phi) is 8.11. The Hall–Kier alpha value is -1.87. The normalized spacial score (nSPS) is 19.3. The molecule has 0 saturated carbocycles. The lowest BCUT2D eigenvalue weighted by Crippen LogP contribution is -2.53. The van der Waals surface area contributed by atoms with Crippen LogP contribution in [0, 0.1) is 12.3 Å².